The van der Waals surface area contributed by atoms with Crippen molar-refractivity contribution in [2.24, 2.45) is 10.7 Å². The molecule has 1 unspecified atom stereocenters. The Morgan fingerprint density at radius 2 is 1.76 bits per heavy atom. The highest BCUT2D eigenvalue weighted by Crippen LogP contribution is 2.38. The van der Waals surface area contributed by atoms with Gasteiger partial charge in [-0.25, -0.2) is 4.99 Å². The summed E-state index contributed by atoms with van der Waals surface area (Å²) in [6, 6.07) is 5.16. The van der Waals surface area contributed by atoms with Crippen LogP contribution in [-0.2, 0) is 5.79 Å². The van der Waals surface area contributed by atoms with Gasteiger partial charge in [0.1, 0.15) is 6.34 Å². The monoisotopic (exact) mass is 341 g/mol. The van der Waals surface area contributed by atoms with Gasteiger partial charge in [-0.15, -0.1) is 0 Å². The molecular formula is C13H10Cl3N5. The van der Waals surface area contributed by atoms with E-state index < -0.39 is 5.79 Å². The molecule has 0 saturated carbocycles. The van der Waals surface area contributed by atoms with Crippen molar-refractivity contribution in [3.63, 3.8) is 0 Å². The largest absolute Gasteiger partial charge is 0.309 e. The summed E-state index contributed by atoms with van der Waals surface area (Å²) in [7, 11) is 0. The Kier molecular flexibility index (Phi) is 3.77. The molecule has 0 spiro atoms. The molecule has 0 bridgehead atoms. The number of nitrogens with zero attached hydrogens (tertiary/aromatic N) is 2. The third-order valence-electron chi connectivity index (χ3n) is 3.07. The van der Waals surface area contributed by atoms with Crippen LogP contribution in [0, 0.1) is 0 Å². The maximum atomic E-state index is 6.35. The standard InChI is InChI=1S/C13H10Cl3N5/c14-9-1-7(4-18-5-9)12-10(15)2-8(3-11(12)16)13(17)19-6-20-21-13/h1-6,21H,17H2,(H,19,20). The van der Waals surface area contributed by atoms with E-state index in [1.54, 1.807) is 30.6 Å². The highest BCUT2D eigenvalue weighted by Gasteiger charge is 2.30. The second kappa shape index (κ2) is 5.44. The average Bonchev–Trinajstić information content (AvgIpc) is 2.86. The molecule has 1 aromatic heterocycles. The van der Waals surface area contributed by atoms with Gasteiger partial charge in [0.2, 0.25) is 5.79 Å². The summed E-state index contributed by atoms with van der Waals surface area (Å²) in [6.07, 6.45) is 4.65. The number of aliphatic imine (C=N–C) groups is 1. The molecule has 5 nitrogen and oxygen atoms in total. The van der Waals surface area contributed by atoms with Crippen LogP contribution in [0.1, 0.15) is 5.56 Å². The summed E-state index contributed by atoms with van der Waals surface area (Å²) in [5.41, 5.74) is 13.7. The Balaban J connectivity index is 2.11. The number of hydrogen-bond donors (Lipinski definition) is 3. The van der Waals surface area contributed by atoms with Crippen molar-refractivity contribution in [1.82, 2.24) is 15.8 Å². The molecule has 4 N–H and O–H groups in total. The van der Waals surface area contributed by atoms with E-state index >= 15 is 0 Å². The molecule has 21 heavy (non-hydrogen) atoms. The lowest BCUT2D eigenvalue weighted by Crippen LogP contribution is -2.49. The predicted octanol–water partition coefficient (Wildman–Crippen LogP) is 2.91. The van der Waals surface area contributed by atoms with Crippen LogP contribution >= 0.6 is 34.8 Å². The molecule has 2 aromatic rings. The minimum atomic E-state index is -1.10. The summed E-state index contributed by atoms with van der Waals surface area (Å²) in [4.78, 5) is 8.15. The van der Waals surface area contributed by atoms with Crippen molar-refractivity contribution >= 4 is 41.1 Å². The van der Waals surface area contributed by atoms with Gasteiger partial charge in [0, 0.05) is 29.1 Å². The number of halogens is 3. The molecule has 0 amide bonds. The van der Waals surface area contributed by atoms with Crippen molar-refractivity contribution < 1.29 is 0 Å². The van der Waals surface area contributed by atoms with Crippen molar-refractivity contribution in [2.75, 3.05) is 0 Å². The Morgan fingerprint density at radius 3 is 2.33 bits per heavy atom. The number of pyridine rings is 1. The number of aromatic nitrogens is 1. The van der Waals surface area contributed by atoms with E-state index in [1.165, 1.54) is 6.34 Å². The normalized spacial score (nSPS) is 20.6. The van der Waals surface area contributed by atoms with Crippen LogP contribution in [0.4, 0.5) is 0 Å². The van der Waals surface area contributed by atoms with Gasteiger partial charge in [-0.2, -0.15) is 5.43 Å². The first-order valence-electron chi connectivity index (χ1n) is 5.95. The molecule has 2 heterocycles. The van der Waals surface area contributed by atoms with E-state index in [4.69, 9.17) is 40.5 Å². The molecule has 1 atom stereocenters. The summed E-state index contributed by atoms with van der Waals surface area (Å²) >= 11 is 18.7. The fourth-order valence-electron chi connectivity index (χ4n) is 2.07. The summed E-state index contributed by atoms with van der Waals surface area (Å²) < 4.78 is 0. The highest BCUT2D eigenvalue weighted by molar-refractivity contribution is 6.39. The van der Waals surface area contributed by atoms with Crippen LogP contribution < -0.4 is 16.6 Å². The van der Waals surface area contributed by atoms with E-state index in [2.05, 4.69) is 20.8 Å². The minimum absolute atomic E-state index is 0.440. The van der Waals surface area contributed by atoms with Gasteiger partial charge in [-0.05, 0) is 18.2 Å². The fraction of sp³-hybridized carbons (Fsp3) is 0.0769. The van der Waals surface area contributed by atoms with Crippen molar-refractivity contribution in [1.29, 1.82) is 0 Å². The molecule has 0 fully saturated rings. The van der Waals surface area contributed by atoms with Crippen LogP contribution in [0.5, 0.6) is 0 Å². The summed E-state index contributed by atoms with van der Waals surface area (Å²) in [5, 5.41) is 1.39. The van der Waals surface area contributed by atoms with Crippen molar-refractivity contribution in [3.8, 4) is 11.1 Å². The van der Waals surface area contributed by atoms with Gasteiger partial charge in [0.15, 0.2) is 0 Å². The van der Waals surface area contributed by atoms with E-state index in [0.717, 1.165) is 5.56 Å². The third-order valence-corrected chi connectivity index (χ3v) is 3.87. The van der Waals surface area contributed by atoms with Crippen molar-refractivity contribution in [2.45, 2.75) is 5.79 Å². The summed E-state index contributed by atoms with van der Waals surface area (Å²) in [5.74, 6) is -1.10. The van der Waals surface area contributed by atoms with E-state index in [1.807, 2.05) is 0 Å². The zero-order valence-corrected chi connectivity index (χ0v) is 12.8. The second-order valence-electron chi connectivity index (χ2n) is 4.50. The smallest absolute Gasteiger partial charge is 0.206 e. The van der Waals surface area contributed by atoms with Gasteiger partial charge in [-0.3, -0.25) is 10.7 Å². The molecule has 0 saturated heterocycles. The first-order chi connectivity index (χ1) is 9.99. The quantitative estimate of drug-likeness (QED) is 0.784. The lowest BCUT2D eigenvalue weighted by atomic mass is 10.0. The third kappa shape index (κ3) is 2.71. The predicted molar refractivity (Wildman–Crippen MR) is 85.3 cm³/mol. The van der Waals surface area contributed by atoms with Gasteiger partial charge >= 0.3 is 0 Å². The Morgan fingerprint density at radius 1 is 1.05 bits per heavy atom. The number of hydrogen-bond acceptors (Lipinski definition) is 5. The van der Waals surface area contributed by atoms with Gasteiger partial charge < -0.3 is 5.43 Å². The number of rotatable bonds is 2. The van der Waals surface area contributed by atoms with Gasteiger partial charge in [-0.1, -0.05) is 34.8 Å². The Hall–Kier alpha value is -1.37. The van der Waals surface area contributed by atoms with Crippen LogP contribution in [0.2, 0.25) is 15.1 Å². The maximum Gasteiger partial charge on any atom is 0.206 e. The summed E-state index contributed by atoms with van der Waals surface area (Å²) in [6.45, 7) is 0. The van der Waals surface area contributed by atoms with Crippen LogP contribution in [0.15, 0.2) is 35.6 Å². The average molecular weight is 343 g/mol. The molecule has 0 radical (unpaired) electrons. The molecule has 1 aliphatic rings. The van der Waals surface area contributed by atoms with E-state index in [-0.39, 0.29) is 0 Å². The first kappa shape index (κ1) is 14.6. The lowest BCUT2D eigenvalue weighted by molar-refractivity contribution is 0.375. The van der Waals surface area contributed by atoms with Crippen LogP contribution in [0.3, 0.4) is 0 Å². The van der Waals surface area contributed by atoms with Gasteiger partial charge in [0.05, 0.1) is 15.1 Å². The van der Waals surface area contributed by atoms with E-state index in [9.17, 15) is 0 Å². The molecule has 3 rings (SSSR count). The fourth-order valence-corrected chi connectivity index (χ4v) is 2.95. The molecule has 8 heteroatoms. The molecule has 0 aliphatic carbocycles. The molecule has 108 valence electrons. The maximum absolute atomic E-state index is 6.35. The first-order valence-corrected chi connectivity index (χ1v) is 7.09. The number of benzene rings is 1. The van der Waals surface area contributed by atoms with Gasteiger partial charge in [0.25, 0.3) is 0 Å². The molecule has 1 aliphatic heterocycles. The Labute approximate surface area is 136 Å². The number of nitrogens with one attached hydrogen (secondary N) is 2. The molecular weight excluding hydrogens is 333 g/mol. The minimum Gasteiger partial charge on any atom is -0.309 e. The zero-order valence-electron chi connectivity index (χ0n) is 10.6. The zero-order chi connectivity index (χ0) is 15.0. The topological polar surface area (TPSA) is 75.3 Å². The van der Waals surface area contributed by atoms with Crippen molar-refractivity contribution in [3.05, 3.63) is 51.2 Å². The van der Waals surface area contributed by atoms with Crippen LogP contribution in [-0.4, -0.2) is 11.3 Å². The Bertz CT molecular complexity index is 710. The number of hydrazine groups is 1. The lowest BCUT2D eigenvalue weighted by Gasteiger charge is -2.22. The van der Waals surface area contributed by atoms with E-state index in [0.29, 0.717) is 26.2 Å². The second-order valence-corrected chi connectivity index (χ2v) is 5.75. The highest BCUT2D eigenvalue weighted by atomic mass is 35.5. The number of nitrogens with two attached hydrogens (primary N) is 1. The SMILES string of the molecule is NC1(c2cc(Cl)c(-c3cncc(Cl)c3)c(Cl)c2)N=CNN1. The van der Waals surface area contributed by atoms with Crippen LogP contribution in [0.25, 0.3) is 11.1 Å². The molecule has 1 aromatic carbocycles.